The number of hydrogen-bond donors (Lipinski definition) is 2. The number of carbonyl (C=O) groups is 1. The third-order valence-electron chi connectivity index (χ3n) is 5.36. The van der Waals surface area contributed by atoms with Crippen LogP contribution in [0.5, 0.6) is 0 Å². The highest BCUT2D eigenvalue weighted by atomic mass is 19.1. The first-order valence-electron chi connectivity index (χ1n) is 9.97. The highest BCUT2D eigenvalue weighted by Gasteiger charge is 2.20. The van der Waals surface area contributed by atoms with Gasteiger partial charge in [0, 0.05) is 22.5 Å². The maximum absolute atomic E-state index is 13.0. The van der Waals surface area contributed by atoms with Crippen molar-refractivity contribution in [1.29, 1.82) is 0 Å². The molecule has 148 valence electrons. The van der Waals surface area contributed by atoms with E-state index >= 15 is 0 Å². The smallest absolute Gasteiger partial charge is 0.255 e. The summed E-state index contributed by atoms with van der Waals surface area (Å²) in [4.78, 5) is 16.2. The summed E-state index contributed by atoms with van der Waals surface area (Å²) >= 11 is 0. The van der Waals surface area contributed by atoms with E-state index in [1.165, 1.54) is 35.5 Å². The largest absolute Gasteiger partial charge is 0.360 e. The molecule has 1 aliphatic heterocycles. The Bertz CT molecular complexity index is 934. The summed E-state index contributed by atoms with van der Waals surface area (Å²) in [5.74, 6) is -0.590. The average molecular weight is 390 g/mol. The van der Waals surface area contributed by atoms with Gasteiger partial charge in [0.1, 0.15) is 12.4 Å². The van der Waals surface area contributed by atoms with Crippen LogP contribution in [0.3, 0.4) is 0 Å². The second-order valence-corrected chi connectivity index (χ2v) is 7.41. The number of carbonyl (C=O) groups excluding carboxylic acids is 1. The van der Waals surface area contributed by atoms with Gasteiger partial charge in [0.15, 0.2) is 0 Å². The van der Waals surface area contributed by atoms with Crippen LogP contribution in [0.2, 0.25) is 0 Å². The summed E-state index contributed by atoms with van der Waals surface area (Å²) in [6, 6.07) is 24.1. The fourth-order valence-electron chi connectivity index (χ4n) is 3.70. The van der Waals surface area contributed by atoms with Crippen LogP contribution in [0.4, 0.5) is 15.8 Å². The highest BCUT2D eigenvalue weighted by Crippen LogP contribution is 2.19. The van der Waals surface area contributed by atoms with E-state index in [2.05, 4.69) is 40.5 Å². The van der Waals surface area contributed by atoms with Crippen molar-refractivity contribution in [1.82, 2.24) is 0 Å². The number of quaternary nitrogens is 1. The molecule has 0 atom stereocenters. The van der Waals surface area contributed by atoms with Gasteiger partial charge < -0.3 is 15.1 Å². The van der Waals surface area contributed by atoms with Gasteiger partial charge in [-0.2, -0.15) is 0 Å². The molecule has 1 heterocycles. The summed E-state index contributed by atoms with van der Waals surface area (Å²) in [5.41, 5.74) is 3.73. The van der Waals surface area contributed by atoms with Gasteiger partial charge in [-0.05, 0) is 48.5 Å². The molecule has 4 rings (SSSR count). The Morgan fingerprint density at radius 3 is 2.21 bits per heavy atom. The quantitative estimate of drug-likeness (QED) is 0.703. The van der Waals surface area contributed by atoms with Crippen LogP contribution in [-0.4, -0.2) is 32.1 Å². The molecular formula is C24H25FN3O+. The summed E-state index contributed by atoms with van der Waals surface area (Å²) in [7, 11) is 0. The Labute approximate surface area is 170 Å². The third-order valence-corrected chi connectivity index (χ3v) is 5.36. The maximum Gasteiger partial charge on any atom is 0.255 e. The van der Waals surface area contributed by atoms with Crippen LogP contribution < -0.4 is 15.1 Å². The number of nitrogens with one attached hydrogen (secondary N) is 2. The lowest BCUT2D eigenvalue weighted by molar-refractivity contribution is -0.914. The summed E-state index contributed by atoms with van der Waals surface area (Å²) in [5, 5.41) is 2.86. The van der Waals surface area contributed by atoms with Gasteiger partial charge in [0.25, 0.3) is 5.91 Å². The van der Waals surface area contributed by atoms with Crippen molar-refractivity contribution < 1.29 is 14.1 Å². The number of hydrogen-bond acceptors (Lipinski definition) is 2. The van der Waals surface area contributed by atoms with Crippen LogP contribution in [0.25, 0.3) is 0 Å². The zero-order valence-corrected chi connectivity index (χ0v) is 16.3. The molecule has 0 bridgehead atoms. The second-order valence-electron chi connectivity index (χ2n) is 7.41. The molecule has 1 fully saturated rings. The molecule has 4 nitrogen and oxygen atoms in total. The van der Waals surface area contributed by atoms with E-state index in [0.717, 1.165) is 38.4 Å². The molecule has 3 aromatic carbocycles. The minimum Gasteiger partial charge on any atom is -0.360 e. The molecule has 0 unspecified atom stereocenters. The van der Waals surface area contributed by atoms with Gasteiger partial charge in [-0.25, -0.2) is 4.39 Å². The fourth-order valence-corrected chi connectivity index (χ4v) is 3.70. The zero-order valence-electron chi connectivity index (χ0n) is 16.3. The van der Waals surface area contributed by atoms with Gasteiger partial charge in [0.05, 0.1) is 26.2 Å². The van der Waals surface area contributed by atoms with E-state index in [9.17, 15) is 9.18 Å². The molecule has 0 radical (unpaired) electrons. The normalized spacial score (nSPS) is 14.6. The van der Waals surface area contributed by atoms with Crippen molar-refractivity contribution >= 4 is 17.3 Å². The Morgan fingerprint density at radius 2 is 1.55 bits per heavy atom. The molecule has 1 saturated heterocycles. The zero-order chi connectivity index (χ0) is 20.1. The standard InChI is InChI=1S/C24H24FN3O/c25-21-8-6-20(7-9-21)24(29)26-22-10-12-23(13-11-22)28-16-14-27(15-17-28)18-19-4-2-1-3-5-19/h1-13H,14-18H2,(H,26,29)/p+1. The molecule has 2 N–H and O–H groups in total. The molecular weight excluding hydrogens is 365 g/mol. The number of rotatable bonds is 5. The number of anilines is 2. The van der Waals surface area contributed by atoms with Crippen LogP contribution in [0.15, 0.2) is 78.9 Å². The highest BCUT2D eigenvalue weighted by molar-refractivity contribution is 6.04. The van der Waals surface area contributed by atoms with Gasteiger partial charge in [-0.15, -0.1) is 0 Å². The minimum atomic E-state index is -0.350. The first-order chi connectivity index (χ1) is 14.2. The van der Waals surface area contributed by atoms with E-state index in [0.29, 0.717) is 5.56 Å². The lowest BCUT2D eigenvalue weighted by atomic mass is 10.1. The second kappa shape index (κ2) is 8.88. The predicted molar refractivity (Wildman–Crippen MR) is 114 cm³/mol. The first-order valence-corrected chi connectivity index (χ1v) is 9.97. The van der Waals surface area contributed by atoms with Gasteiger partial charge in [-0.1, -0.05) is 30.3 Å². The van der Waals surface area contributed by atoms with Gasteiger partial charge >= 0.3 is 0 Å². The van der Waals surface area contributed by atoms with Crippen LogP contribution in [-0.2, 0) is 6.54 Å². The molecule has 0 spiro atoms. The lowest BCUT2D eigenvalue weighted by Crippen LogP contribution is -3.13. The Hall–Kier alpha value is -3.18. The van der Waals surface area contributed by atoms with Crippen molar-refractivity contribution in [2.45, 2.75) is 6.54 Å². The molecule has 1 amide bonds. The monoisotopic (exact) mass is 390 g/mol. The number of nitrogens with zero attached hydrogens (tertiary/aromatic N) is 1. The van der Waals surface area contributed by atoms with Crippen LogP contribution in [0, 0.1) is 5.82 Å². The van der Waals surface area contributed by atoms with Crippen molar-refractivity contribution in [3.8, 4) is 0 Å². The van der Waals surface area contributed by atoms with Crippen molar-refractivity contribution in [3.05, 3.63) is 95.8 Å². The summed E-state index contributed by atoms with van der Waals surface area (Å²) < 4.78 is 13.0. The molecule has 0 aliphatic carbocycles. The van der Waals surface area contributed by atoms with Crippen molar-refractivity contribution in [2.24, 2.45) is 0 Å². The van der Waals surface area contributed by atoms with E-state index in [1.54, 1.807) is 4.90 Å². The Balaban J connectivity index is 1.30. The fraction of sp³-hybridized carbons (Fsp3) is 0.208. The average Bonchev–Trinajstić information content (AvgIpc) is 2.76. The van der Waals surface area contributed by atoms with E-state index in [1.807, 2.05) is 24.3 Å². The topological polar surface area (TPSA) is 36.8 Å². The van der Waals surface area contributed by atoms with Crippen molar-refractivity contribution in [3.63, 3.8) is 0 Å². The van der Waals surface area contributed by atoms with Crippen LogP contribution >= 0.6 is 0 Å². The number of benzene rings is 3. The molecule has 29 heavy (non-hydrogen) atoms. The van der Waals surface area contributed by atoms with E-state index < -0.39 is 0 Å². The van der Waals surface area contributed by atoms with Crippen molar-refractivity contribution in [2.75, 3.05) is 36.4 Å². The maximum atomic E-state index is 13.0. The first kappa shape index (κ1) is 19.2. The molecule has 3 aromatic rings. The van der Waals surface area contributed by atoms with Crippen LogP contribution in [0.1, 0.15) is 15.9 Å². The lowest BCUT2D eigenvalue weighted by Gasteiger charge is -2.33. The molecule has 0 aromatic heterocycles. The number of piperazine rings is 1. The summed E-state index contributed by atoms with van der Waals surface area (Å²) in [6.07, 6.45) is 0. The van der Waals surface area contributed by atoms with Gasteiger partial charge in [-0.3, -0.25) is 4.79 Å². The Kier molecular flexibility index (Phi) is 5.86. The third kappa shape index (κ3) is 5.00. The SMILES string of the molecule is O=C(Nc1ccc(N2CC[NH+](Cc3ccccc3)CC2)cc1)c1ccc(F)cc1. The minimum absolute atomic E-state index is 0.240. The van der Waals surface area contributed by atoms with E-state index in [-0.39, 0.29) is 11.7 Å². The Morgan fingerprint density at radius 1 is 0.897 bits per heavy atom. The predicted octanol–water partition coefficient (Wildman–Crippen LogP) is 2.98. The van der Waals surface area contributed by atoms with E-state index in [4.69, 9.17) is 0 Å². The number of amides is 1. The molecule has 1 aliphatic rings. The summed E-state index contributed by atoms with van der Waals surface area (Å²) in [6.45, 7) is 5.33. The molecule has 5 heteroatoms. The van der Waals surface area contributed by atoms with Gasteiger partial charge in [0.2, 0.25) is 0 Å². The number of halogens is 1. The molecule has 0 saturated carbocycles.